The molecule has 6 nitrogen and oxygen atoms in total. The van der Waals surface area contributed by atoms with Crippen LogP contribution in [0.1, 0.15) is 16.7 Å². The zero-order chi connectivity index (χ0) is 18.9. The van der Waals surface area contributed by atoms with Gasteiger partial charge in [-0.2, -0.15) is 4.98 Å². The Morgan fingerprint density at radius 2 is 1.96 bits per heavy atom. The number of aryl methyl sites for hydroxylation is 2. The maximum Gasteiger partial charge on any atom is 0.264 e. The highest BCUT2D eigenvalue weighted by Crippen LogP contribution is 2.25. The van der Waals surface area contributed by atoms with E-state index in [0.717, 1.165) is 0 Å². The van der Waals surface area contributed by atoms with Crippen molar-refractivity contribution in [2.75, 3.05) is 4.72 Å². The maximum absolute atomic E-state index is 13.2. The van der Waals surface area contributed by atoms with Crippen molar-refractivity contribution in [3.05, 3.63) is 70.3 Å². The Hall–Kier alpha value is -2.45. The van der Waals surface area contributed by atoms with E-state index >= 15 is 0 Å². The molecular weight excluding hydrogens is 379 g/mol. The molecule has 0 spiro atoms. The minimum Gasteiger partial charge on any atom is -0.246 e. The third-order valence-corrected chi connectivity index (χ3v) is 5.62. The van der Waals surface area contributed by atoms with Gasteiger partial charge in [0.05, 0.1) is 11.4 Å². The van der Waals surface area contributed by atoms with Gasteiger partial charge in [-0.05, 0) is 54.8 Å². The van der Waals surface area contributed by atoms with E-state index in [1.165, 1.54) is 29.2 Å². The fourth-order valence-corrected chi connectivity index (χ4v) is 3.94. The van der Waals surface area contributed by atoms with Gasteiger partial charge in [-0.25, -0.2) is 22.2 Å². The largest absolute Gasteiger partial charge is 0.264 e. The molecule has 0 aliphatic heterocycles. The first-order valence-electron chi connectivity index (χ1n) is 7.68. The number of benzene rings is 2. The van der Waals surface area contributed by atoms with E-state index in [1.807, 2.05) is 0 Å². The summed E-state index contributed by atoms with van der Waals surface area (Å²) in [6.07, 6.45) is 1.38. The first-order chi connectivity index (χ1) is 12.2. The molecule has 0 aliphatic rings. The van der Waals surface area contributed by atoms with Crippen LogP contribution in [-0.2, 0) is 16.6 Å². The Bertz CT molecular complexity index is 1070. The van der Waals surface area contributed by atoms with Gasteiger partial charge in [0, 0.05) is 5.02 Å². The number of sulfonamides is 1. The molecule has 0 radical (unpaired) electrons. The lowest BCUT2D eigenvalue weighted by Crippen LogP contribution is -2.16. The maximum atomic E-state index is 13.2. The number of nitrogens with zero attached hydrogens (tertiary/aromatic N) is 3. The molecule has 0 atom stereocenters. The van der Waals surface area contributed by atoms with Crippen LogP contribution in [0.2, 0.25) is 5.02 Å². The molecule has 2 aromatic carbocycles. The molecule has 0 saturated heterocycles. The van der Waals surface area contributed by atoms with Gasteiger partial charge < -0.3 is 0 Å². The summed E-state index contributed by atoms with van der Waals surface area (Å²) in [4.78, 5) is 4.07. The molecule has 26 heavy (non-hydrogen) atoms. The lowest BCUT2D eigenvalue weighted by molar-refractivity contribution is 0.600. The Labute approximate surface area is 155 Å². The average molecular weight is 395 g/mol. The van der Waals surface area contributed by atoms with E-state index in [0.29, 0.717) is 21.7 Å². The number of hydrogen-bond donors (Lipinski definition) is 1. The third kappa shape index (κ3) is 4.03. The highest BCUT2D eigenvalue weighted by Gasteiger charge is 2.20. The van der Waals surface area contributed by atoms with Crippen molar-refractivity contribution in [2.24, 2.45) is 0 Å². The van der Waals surface area contributed by atoms with Crippen molar-refractivity contribution in [1.82, 2.24) is 14.8 Å². The van der Waals surface area contributed by atoms with Gasteiger partial charge in [0.2, 0.25) is 0 Å². The number of nitrogens with one attached hydrogen (secondary N) is 1. The zero-order valence-electron chi connectivity index (χ0n) is 14.1. The zero-order valence-corrected chi connectivity index (χ0v) is 15.6. The molecule has 3 aromatic rings. The van der Waals surface area contributed by atoms with E-state index in [1.54, 1.807) is 32.0 Å². The van der Waals surface area contributed by atoms with E-state index in [9.17, 15) is 12.8 Å². The summed E-state index contributed by atoms with van der Waals surface area (Å²) in [7, 11) is -3.86. The molecule has 3 rings (SSSR count). The third-order valence-electron chi connectivity index (χ3n) is 3.74. The highest BCUT2D eigenvalue weighted by molar-refractivity contribution is 7.92. The molecule has 0 amide bonds. The first-order valence-corrected chi connectivity index (χ1v) is 9.54. The number of aromatic nitrogens is 3. The van der Waals surface area contributed by atoms with Gasteiger partial charge in [-0.15, -0.1) is 5.10 Å². The van der Waals surface area contributed by atoms with Gasteiger partial charge in [-0.3, -0.25) is 0 Å². The van der Waals surface area contributed by atoms with Gasteiger partial charge in [0.1, 0.15) is 12.1 Å². The summed E-state index contributed by atoms with van der Waals surface area (Å²) in [6.45, 7) is 3.66. The van der Waals surface area contributed by atoms with Crippen LogP contribution in [0.4, 0.5) is 10.3 Å². The molecule has 0 unspecified atom stereocenters. The predicted molar refractivity (Wildman–Crippen MR) is 97.3 cm³/mol. The second-order valence-electron chi connectivity index (χ2n) is 5.87. The summed E-state index contributed by atoms with van der Waals surface area (Å²) in [5, 5.41) is 4.58. The number of halogens is 2. The van der Waals surface area contributed by atoms with Crippen molar-refractivity contribution >= 4 is 27.6 Å². The Balaban J connectivity index is 1.81. The fraction of sp³-hybridized carbons (Fsp3) is 0.176. The lowest BCUT2D eigenvalue weighted by atomic mass is 10.2. The van der Waals surface area contributed by atoms with Crippen LogP contribution in [-0.4, -0.2) is 23.2 Å². The molecule has 136 valence electrons. The summed E-state index contributed by atoms with van der Waals surface area (Å²) in [5.74, 6) is -0.412. The molecule has 0 bridgehead atoms. The van der Waals surface area contributed by atoms with Gasteiger partial charge in [0.25, 0.3) is 16.0 Å². The quantitative estimate of drug-likeness (QED) is 0.718. The van der Waals surface area contributed by atoms with Crippen LogP contribution < -0.4 is 4.72 Å². The molecule has 1 aromatic heterocycles. The topological polar surface area (TPSA) is 76.9 Å². The van der Waals surface area contributed by atoms with E-state index in [-0.39, 0.29) is 23.2 Å². The van der Waals surface area contributed by atoms with Crippen molar-refractivity contribution in [1.29, 1.82) is 0 Å². The minimum atomic E-state index is -3.86. The average Bonchev–Trinajstić information content (AvgIpc) is 2.97. The molecular formula is C17H16ClFN4O2S. The van der Waals surface area contributed by atoms with Crippen LogP contribution in [0.15, 0.2) is 47.6 Å². The SMILES string of the molecule is Cc1cc(S(=O)(=O)Nc2ncn(Cc3cccc(F)c3)n2)c(C)cc1Cl. The fourth-order valence-electron chi connectivity index (χ4n) is 2.46. The summed E-state index contributed by atoms with van der Waals surface area (Å²) >= 11 is 6.02. The van der Waals surface area contributed by atoms with Crippen molar-refractivity contribution < 1.29 is 12.8 Å². The van der Waals surface area contributed by atoms with Gasteiger partial charge in [-0.1, -0.05) is 23.7 Å². The van der Waals surface area contributed by atoms with E-state index < -0.39 is 10.0 Å². The Kier molecular flexibility index (Phi) is 4.97. The molecule has 9 heteroatoms. The number of hydrogen-bond acceptors (Lipinski definition) is 4. The molecule has 1 heterocycles. The first kappa shape index (κ1) is 18.3. The minimum absolute atomic E-state index is 0.0617. The summed E-state index contributed by atoms with van der Waals surface area (Å²) in [5.41, 5.74) is 1.86. The Morgan fingerprint density at radius 3 is 2.69 bits per heavy atom. The number of anilines is 1. The summed E-state index contributed by atoms with van der Waals surface area (Å²) < 4.78 is 42.2. The molecule has 0 saturated carbocycles. The second kappa shape index (κ2) is 7.05. The molecule has 1 N–H and O–H groups in total. The monoisotopic (exact) mass is 394 g/mol. The number of rotatable bonds is 5. The van der Waals surface area contributed by atoms with Crippen LogP contribution >= 0.6 is 11.6 Å². The van der Waals surface area contributed by atoms with Crippen molar-refractivity contribution in [3.63, 3.8) is 0 Å². The second-order valence-corrected chi connectivity index (χ2v) is 7.93. The van der Waals surface area contributed by atoms with Crippen LogP contribution in [0.25, 0.3) is 0 Å². The van der Waals surface area contributed by atoms with Crippen molar-refractivity contribution in [3.8, 4) is 0 Å². The van der Waals surface area contributed by atoms with Crippen LogP contribution in [0.5, 0.6) is 0 Å². The standard InChI is InChI=1S/C17H16ClFN4O2S/c1-11-7-16(12(2)6-15(11)18)26(24,25)22-17-20-10-23(21-17)9-13-4-3-5-14(19)8-13/h3-8,10H,9H2,1-2H3,(H,21,22). The summed E-state index contributed by atoms with van der Waals surface area (Å²) in [6, 6.07) is 9.17. The lowest BCUT2D eigenvalue weighted by Gasteiger charge is -2.10. The van der Waals surface area contributed by atoms with Gasteiger partial charge in [0.15, 0.2) is 0 Å². The normalized spacial score (nSPS) is 11.5. The molecule has 0 fully saturated rings. The molecule has 0 aliphatic carbocycles. The van der Waals surface area contributed by atoms with E-state index in [4.69, 9.17) is 11.6 Å². The van der Waals surface area contributed by atoms with Crippen molar-refractivity contribution in [2.45, 2.75) is 25.3 Å². The highest BCUT2D eigenvalue weighted by atomic mass is 35.5. The van der Waals surface area contributed by atoms with Gasteiger partial charge >= 0.3 is 0 Å². The van der Waals surface area contributed by atoms with Crippen LogP contribution in [0, 0.1) is 19.7 Å². The van der Waals surface area contributed by atoms with E-state index in [2.05, 4.69) is 14.8 Å². The van der Waals surface area contributed by atoms with Crippen LogP contribution in [0.3, 0.4) is 0 Å². The predicted octanol–water partition coefficient (Wildman–Crippen LogP) is 3.54. The Morgan fingerprint density at radius 1 is 1.19 bits per heavy atom. The smallest absolute Gasteiger partial charge is 0.246 e.